The SMILES string of the molecule is O=C1CNCCN1CC(=O)N1CCC[C@H]1CN1CCCCC1. The summed E-state index contributed by atoms with van der Waals surface area (Å²) in [6.07, 6.45) is 6.12. The molecule has 3 rings (SSSR count). The molecule has 0 unspecified atom stereocenters. The van der Waals surface area contributed by atoms with Crippen LogP contribution in [0.5, 0.6) is 0 Å². The Hall–Kier alpha value is -1.14. The molecule has 6 heteroatoms. The van der Waals surface area contributed by atoms with Crippen LogP contribution < -0.4 is 5.32 Å². The second-order valence-corrected chi connectivity index (χ2v) is 6.74. The molecule has 0 aromatic heterocycles. The summed E-state index contributed by atoms with van der Waals surface area (Å²) in [5.74, 6) is 0.182. The molecular formula is C16H28N4O2. The Morgan fingerprint density at radius 3 is 2.68 bits per heavy atom. The van der Waals surface area contributed by atoms with Gasteiger partial charge in [0.1, 0.15) is 0 Å². The summed E-state index contributed by atoms with van der Waals surface area (Å²) in [4.78, 5) is 30.7. The zero-order valence-corrected chi connectivity index (χ0v) is 13.4. The van der Waals surface area contributed by atoms with Gasteiger partial charge in [-0.15, -0.1) is 0 Å². The normalized spacial score (nSPS) is 27.5. The Kier molecular flexibility index (Phi) is 5.31. The van der Waals surface area contributed by atoms with Crippen LogP contribution in [0.4, 0.5) is 0 Å². The van der Waals surface area contributed by atoms with E-state index in [9.17, 15) is 9.59 Å². The van der Waals surface area contributed by atoms with Crippen LogP contribution in [0.25, 0.3) is 0 Å². The first-order valence-electron chi connectivity index (χ1n) is 8.74. The molecule has 3 aliphatic heterocycles. The van der Waals surface area contributed by atoms with Crippen molar-refractivity contribution in [2.45, 2.75) is 38.1 Å². The Morgan fingerprint density at radius 1 is 1.09 bits per heavy atom. The third-order valence-electron chi connectivity index (χ3n) is 5.13. The van der Waals surface area contributed by atoms with Crippen molar-refractivity contribution in [3.05, 3.63) is 0 Å². The van der Waals surface area contributed by atoms with Crippen LogP contribution in [-0.4, -0.2) is 84.9 Å². The maximum atomic E-state index is 12.6. The number of piperazine rings is 1. The van der Waals surface area contributed by atoms with Crippen molar-refractivity contribution in [2.75, 3.05) is 52.4 Å². The van der Waals surface area contributed by atoms with Gasteiger partial charge in [-0.25, -0.2) is 0 Å². The van der Waals surface area contributed by atoms with Gasteiger partial charge in [-0.3, -0.25) is 9.59 Å². The quantitative estimate of drug-likeness (QED) is 0.788. The first-order valence-corrected chi connectivity index (χ1v) is 8.74. The number of hydrogen-bond acceptors (Lipinski definition) is 4. The molecule has 3 heterocycles. The van der Waals surface area contributed by atoms with Crippen LogP contribution in [0.2, 0.25) is 0 Å². The molecular weight excluding hydrogens is 280 g/mol. The standard InChI is InChI=1S/C16H28N4O2/c21-15-11-17-6-10-19(15)13-16(22)20-9-4-5-14(20)12-18-7-2-1-3-8-18/h14,17H,1-13H2/t14-/m0/s1. The Labute approximate surface area is 132 Å². The summed E-state index contributed by atoms with van der Waals surface area (Å²) in [7, 11) is 0. The summed E-state index contributed by atoms with van der Waals surface area (Å²) < 4.78 is 0. The Balaban J connectivity index is 1.52. The lowest BCUT2D eigenvalue weighted by molar-refractivity contribution is -0.141. The number of hydrogen-bond donors (Lipinski definition) is 1. The van der Waals surface area contributed by atoms with Crippen LogP contribution in [0.3, 0.4) is 0 Å². The van der Waals surface area contributed by atoms with Gasteiger partial charge in [0.05, 0.1) is 13.1 Å². The molecule has 0 bridgehead atoms. The van der Waals surface area contributed by atoms with Crippen LogP contribution >= 0.6 is 0 Å². The van der Waals surface area contributed by atoms with E-state index in [1.54, 1.807) is 4.90 Å². The van der Waals surface area contributed by atoms with Crippen LogP contribution in [0.15, 0.2) is 0 Å². The molecule has 124 valence electrons. The van der Waals surface area contributed by atoms with E-state index in [0.29, 0.717) is 19.1 Å². The molecule has 0 radical (unpaired) electrons. The molecule has 3 fully saturated rings. The number of amides is 2. The number of piperidine rings is 1. The zero-order chi connectivity index (χ0) is 15.4. The lowest BCUT2D eigenvalue weighted by atomic mass is 10.1. The summed E-state index contributed by atoms with van der Waals surface area (Å²) in [6.45, 7) is 6.29. The second-order valence-electron chi connectivity index (χ2n) is 6.74. The van der Waals surface area contributed by atoms with E-state index < -0.39 is 0 Å². The van der Waals surface area contributed by atoms with E-state index in [4.69, 9.17) is 0 Å². The van der Waals surface area contributed by atoms with Crippen molar-refractivity contribution in [1.29, 1.82) is 0 Å². The van der Waals surface area contributed by atoms with Gasteiger partial charge in [-0.05, 0) is 38.8 Å². The van der Waals surface area contributed by atoms with E-state index in [-0.39, 0.29) is 18.4 Å². The van der Waals surface area contributed by atoms with Gasteiger partial charge in [0, 0.05) is 32.2 Å². The molecule has 0 aliphatic carbocycles. The highest BCUT2D eigenvalue weighted by molar-refractivity contribution is 5.86. The van der Waals surface area contributed by atoms with Crippen molar-refractivity contribution in [3.8, 4) is 0 Å². The minimum absolute atomic E-state index is 0.0476. The lowest BCUT2D eigenvalue weighted by Gasteiger charge is -2.34. The molecule has 3 saturated heterocycles. The highest BCUT2D eigenvalue weighted by Crippen LogP contribution is 2.20. The minimum Gasteiger partial charge on any atom is -0.337 e. The van der Waals surface area contributed by atoms with Crippen molar-refractivity contribution in [3.63, 3.8) is 0 Å². The first-order chi connectivity index (χ1) is 10.7. The maximum absolute atomic E-state index is 12.6. The zero-order valence-electron chi connectivity index (χ0n) is 13.4. The fraction of sp³-hybridized carbons (Fsp3) is 0.875. The van der Waals surface area contributed by atoms with Gasteiger partial charge in [-0.1, -0.05) is 6.42 Å². The number of rotatable bonds is 4. The molecule has 0 aromatic rings. The Morgan fingerprint density at radius 2 is 1.91 bits per heavy atom. The highest BCUT2D eigenvalue weighted by Gasteiger charge is 2.32. The van der Waals surface area contributed by atoms with Crippen molar-refractivity contribution in [2.24, 2.45) is 0 Å². The van der Waals surface area contributed by atoms with E-state index in [0.717, 1.165) is 32.5 Å². The summed E-state index contributed by atoms with van der Waals surface area (Å²) >= 11 is 0. The molecule has 0 spiro atoms. The highest BCUT2D eigenvalue weighted by atomic mass is 16.2. The molecule has 0 saturated carbocycles. The van der Waals surface area contributed by atoms with Gasteiger partial charge in [0.2, 0.25) is 11.8 Å². The largest absolute Gasteiger partial charge is 0.337 e. The fourth-order valence-corrected chi connectivity index (χ4v) is 3.86. The van der Waals surface area contributed by atoms with Crippen LogP contribution in [0, 0.1) is 0 Å². The lowest BCUT2D eigenvalue weighted by Crippen LogP contribution is -2.53. The number of carbonyl (C=O) groups excluding carboxylic acids is 2. The number of nitrogens with one attached hydrogen (secondary N) is 1. The van der Waals surface area contributed by atoms with Gasteiger partial charge in [0.15, 0.2) is 0 Å². The van der Waals surface area contributed by atoms with E-state index in [1.165, 1.54) is 32.4 Å². The minimum atomic E-state index is 0.0476. The molecule has 3 aliphatic rings. The fourth-order valence-electron chi connectivity index (χ4n) is 3.86. The first kappa shape index (κ1) is 15.7. The topological polar surface area (TPSA) is 55.9 Å². The van der Waals surface area contributed by atoms with Gasteiger partial charge in [0.25, 0.3) is 0 Å². The molecule has 0 aromatic carbocycles. The van der Waals surface area contributed by atoms with E-state index in [1.807, 2.05) is 4.90 Å². The van der Waals surface area contributed by atoms with Crippen LogP contribution in [0.1, 0.15) is 32.1 Å². The maximum Gasteiger partial charge on any atom is 0.242 e. The summed E-state index contributed by atoms with van der Waals surface area (Å²) in [5, 5.41) is 3.05. The van der Waals surface area contributed by atoms with E-state index in [2.05, 4.69) is 10.2 Å². The van der Waals surface area contributed by atoms with Gasteiger partial charge < -0.3 is 20.0 Å². The predicted octanol–water partition coefficient (Wildman–Crippen LogP) is -0.105. The van der Waals surface area contributed by atoms with Crippen LogP contribution in [-0.2, 0) is 9.59 Å². The van der Waals surface area contributed by atoms with E-state index >= 15 is 0 Å². The molecule has 1 atom stereocenters. The summed E-state index contributed by atoms with van der Waals surface area (Å²) in [6, 6.07) is 0.351. The smallest absolute Gasteiger partial charge is 0.242 e. The monoisotopic (exact) mass is 308 g/mol. The third kappa shape index (κ3) is 3.79. The number of carbonyl (C=O) groups is 2. The average molecular weight is 308 g/mol. The molecule has 2 amide bonds. The van der Waals surface area contributed by atoms with Crippen molar-refractivity contribution >= 4 is 11.8 Å². The third-order valence-corrected chi connectivity index (χ3v) is 5.13. The molecule has 1 N–H and O–H groups in total. The number of nitrogens with zero attached hydrogens (tertiary/aromatic N) is 3. The number of likely N-dealkylation sites (tertiary alicyclic amines) is 2. The van der Waals surface area contributed by atoms with Crippen molar-refractivity contribution < 1.29 is 9.59 Å². The predicted molar refractivity (Wildman–Crippen MR) is 84.5 cm³/mol. The molecule has 6 nitrogen and oxygen atoms in total. The van der Waals surface area contributed by atoms with Gasteiger partial charge in [-0.2, -0.15) is 0 Å². The Bertz CT molecular complexity index is 409. The second kappa shape index (κ2) is 7.42. The summed E-state index contributed by atoms with van der Waals surface area (Å²) in [5.41, 5.74) is 0. The molecule has 22 heavy (non-hydrogen) atoms. The van der Waals surface area contributed by atoms with Gasteiger partial charge >= 0.3 is 0 Å². The van der Waals surface area contributed by atoms with Crippen molar-refractivity contribution in [1.82, 2.24) is 20.0 Å². The average Bonchev–Trinajstić information content (AvgIpc) is 2.99.